The summed E-state index contributed by atoms with van der Waals surface area (Å²) in [5, 5.41) is 2.94. The van der Waals surface area contributed by atoms with Crippen molar-refractivity contribution in [3.05, 3.63) is 64.4 Å². The topological polar surface area (TPSA) is 49.4 Å². The largest absolute Gasteiger partial charge is 0.349 e. The zero-order valence-electron chi connectivity index (χ0n) is 13.7. The summed E-state index contributed by atoms with van der Waals surface area (Å²) in [6.07, 6.45) is 0.0862. The zero-order chi connectivity index (χ0) is 18.0. The van der Waals surface area contributed by atoms with E-state index in [4.69, 9.17) is 0 Å². The van der Waals surface area contributed by atoms with Crippen LogP contribution in [0.4, 0.5) is 10.1 Å². The van der Waals surface area contributed by atoms with Gasteiger partial charge in [-0.05, 0) is 30.7 Å². The maximum absolute atomic E-state index is 13.9. The highest BCUT2D eigenvalue weighted by molar-refractivity contribution is 9.10. The van der Waals surface area contributed by atoms with Crippen molar-refractivity contribution in [2.24, 2.45) is 5.92 Å². The molecule has 0 aromatic heterocycles. The first-order valence-corrected chi connectivity index (χ1v) is 8.86. The highest BCUT2D eigenvalue weighted by Gasteiger charge is 2.36. The van der Waals surface area contributed by atoms with Crippen molar-refractivity contribution >= 4 is 33.4 Å². The lowest BCUT2D eigenvalue weighted by atomic mass is 10.1. The number of hydrogen-bond donors (Lipinski definition) is 1. The third kappa shape index (κ3) is 3.74. The van der Waals surface area contributed by atoms with E-state index in [0.717, 1.165) is 10.0 Å². The molecule has 0 bridgehead atoms. The molecule has 2 aromatic rings. The summed E-state index contributed by atoms with van der Waals surface area (Å²) in [4.78, 5) is 26.1. The highest BCUT2D eigenvalue weighted by atomic mass is 79.9. The second-order valence-corrected chi connectivity index (χ2v) is 6.96. The van der Waals surface area contributed by atoms with Crippen LogP contribution in [-0.2, 0) is 9.59 Å². The lowest BCUT2D eigenvalue weighted by Gasteiger charge is -2.19. The standard InChI is InChI=1S/C19H18BrFN2O2/c1-12(14-6-2-3-7-15(14)20)22-19(25)13-10-18(24)23(11-13)17-9-5-4-8-16(17)21/h2-9,12-13H,10-11H2,1H3,(H,22,25)/t12-,13+/m1/s1. The maximum Gasteiger partial charge on any atom is 0.227 e. The molecule has 0 aliphatic carbocycles. The van der Waals surface area contributed by atoms with Gasteiger partial charge in [-0.3, -0.25) is 9.59 Å². The van der Waals surface area contributed by atoms with E-state index >= 15 is 0 Å². The molecule has 1 aliphatic rings. The van der Waals surface area contributed by atoms with Crippen molar-refractivity contribution in [3.63, 3.8) is 0 Å². The van der Waals surface area contributed by atoms with Gasteiger partial charge in [-0.2, -0.15) is 0 Å². The van der Waals surface area contributed by atoms with Gasteiger partial charge in [0.2, 0.25) is 11.8 Å². The number of para-hydroxylation sites is 1. The minimum absolute atomic E-state index is 0.0862. The van der Waals surface area contributed by atoms with Gasteiger partial charge >= 0.3 is 0 Å². The average Bonchev–Trinajstić information content (AvgIpc) is 2.97. The van der Waals surface area contributed by atoms with Crippen LogP contribution in [0.1, 0.15) is 24.9 Å². The molecule has 0 saturated carbocycles. The van der Waals surface area contributed by atoms with E-state index in [0.29, 0.717) is 0 Å². The minimum atomic E-state index is -0.489. The Morgan fingerprint density at radius 3 is 2.64 bits per heavy atom. The number of rotatable bonds is 4. The number of carbonyl (C=O) groups excluding carboxylic acids is 2. The molecule has 6 heteroatoms. The molecule has 1 heterocycles. The number of benzene rings is 2. The van der Waals surface area contributed by atoms with E-state index in [9.17, 15) is 14.0 Å². The Hall–Kier alpha value is -2.21. The second kappa shape index (κ2) is 7.35. The fourth-order valence-electron chi connectivity index (χ4n) is 3.02. The van der Waals surface area contributed by atoms with Crippen LogP contribution in [0, 0.1) is 11.7 Å². The summed E-state index contributed by atoms with van der Waals surface area (Å²) in [5.41, 5.74) is 1.19. The van der Waals surface area contributed by atoms with Crippen molar-refractivity contribution in [1.82, 2.24) is 5.32 Å². The molecule has 1 fully saturated rings. The smallest absolute Gasteiger partial charge is 0.227 e. The summed E-state index contributed by atoms with van der Waals surface area (Å²) >= 11 is 3.47. The van der Waals surface area contributed by atoms with Crippen LogP contribution >= 0.6 is 15.9 Å². The summed E-state index contributed by atoms with van der Waals surface area (Å²) in [6, 6.07) is 13.6. The van der Waals surface area contributed by atoms with Gasteiger partial charge in [0.05, 0.1) is 17.6 Å². The van der Waals surface area contributed by atoms with Gasteiger partial charge in [-0.1, -0.05) is 46.3 Å². The van der Waals surface area contributed by atoms with Gasteiger partial charge in [0, 0.05) is 17.4 Å². The van der Waals surface area contributed by atoms with Crippen molar-refractivity contribution in [3.8, 4) is 0 Å². The summed E-state index contributed by atoms with van der Waals surface area (Å²) in [7, 11) is 0. The van der Waals surface area contributed by atoms with Crippen LogP contribution in [0.2, 0.25) is 0 Å². The molecule has 2 amide bonds. The fraction of sp³-hybridized carbons (Fsp3) is 0.263. The Labute approximate surface area is 154 Å². The monoisotopic (exact) mass is 404 g/mol. The number of hydrogen-bond acceptors (Lipinski definition) is 2. The Balaban J connectivity index is 1.69. The van der Waals surface area contributed by atoms with Crippen LogP contribution in [0.15, 0.2) is 53.0 Å². The highest BCUT2D eigenvalue weighted by Crippen LogP contribution is 2.28. The molecular formula is C19H18BrFN2O2. The van der Waals surface area contributed by atoms with E-state index in [1.807, 2.05) is 31.2 Å². The van der Waals surface area contributed by atoms with Crippen molar-refractivity contribution in [2.75, 3.05) is 11.4 Å². The Bertz CT molecular complexity index is 812. The molecule has 2 atom stereocenters. The van der Waals surface area contributed by atoms with Crippen molar-refractivity contribution in [2.45, 2.75) is 19.4 Å². The van der Waals surface area contributed by atoms with Crippen LogP contribution in [0.5, 0.6) is 0 Å². The zero-order valence-corrected chi connectivity index (χ0v) is 15.3. The van der Waals surface area contributed by atoms with Gasteiger partial charge in [0.1, 0.15) is 5.82 Å². The van der Waals surface area contributed by atoms with Gasteiger partial charge in [-0.15, -0.1) is 0 Å². The van der Waals surface area contributed by atoms with E-state index in [2.05, 4.69) is 21.2 Å². The molecule has 1 saturated heterocycles. The maximum atomic E-state index is 13.9. The van der Waals surface area contributed by atoms with E-state index < -0.39 is 11.7 Å². The van der Waals surface area contributed by atoms with Crippen LogP contribution < -0.4 is 10.2 Å². The molecule has 0 spiro atoms. The molecule has 0 radical (unpaired) electrons. The van der Waals surface area contributed by atoms with Gasteiger partial charge in [-0.25, -0.2) is 4.39 Å². The number of nitrogens with one attached hydrogen (secondary N) is 1. The van der Waals surface area contributed by atoms with E-state index in [-0.39, 0.29) is 36.5 Å². The number of nitrogens with zero attached hydrogens (tertiary/aromatic N) is 1. The third-order valence-corrected chi connectivity index (χ3v) is 5.09. The first kappa shape index (κ1) is 17.6. The van der Waals surface area contributed by atoms with Crippen molar-refractivity contribution < 1.29 is 14.0 Å². The van der Waals surface area contributed by atoms with Crippen LogP contribution in [0.3, 0.4) is 0 Å². The van der Waals surface area contributed by atoms with Crippen molar-refractivity contribution in [1.29, 1.82) is 0 Å². The molecule has 3 rings (SSSR count). The second-order valence-electron chi connectivity index (χ2n) is 6.11. The Morgan fingerprint density at radius 2 is 1.92 bits per heavy atom. The quantitative estimate of drug-likeness (QED) is 0.841. The average molecular weight is 405 g/mol. The molecule has 1 aliphatic heterocycles. The molecular weight excluding hydrogens is 387 g/mol. The normalized spacial score (nSPS) is 18.3. The molecule has 25 heavy (non-hydrogen) atoms. The number of carbonyl (C=O) groups is 2. The first-order chi connectivity index (χ1) is 12.0. The number of halogens is 2. The lowest BCUT2D eigenvalue weighted by Crippen LogP contribution is -2.34. The first-order valence-electron chi connectivity index (χ1n) is 8.07. The summed E-state index contributed by atoms with van der Waals surface area (Å²) in [5.74, 6) is -1.38. The molecule has 4 nitrogen and oxygen atoms in total. The van der Waals surface area contributed by atoms with Crippen LogP contribution in [-0.4, -0.2) is 18.4 Å². The minimum Gasteiger partial charge on any atom is -0.349 e. The third-order valence-electron chi connectivity index (χ3n) is 4.37. The Kier molecular flexibility index (Phi) is 5.18. The van der Waals surface area contributed by atoms with E-state index in [1.54, 1.807) is 18.2 Å². The van der Waals surface area contributed by atoms with Gasteiger partial charge in [0.25, 0.3) is 0 Å². The van der Waals surface area contributed by atoms with Crippen LogP contribution in [0.25, 0.3) is 0 Å². The summed E-state index contributed by atoms with van der Waals surface area (Å²) in [6.45, 7) is 2.08. The predicted octanol–water partition coefficient (Wildman–Crippen LogP) is 3.82. The fourth-order valence-corrected chi connectivity index (χ4v) is 3.65. The SMILES string of the molecule is C[C@@H](NC(=O)[C@H]1CC(=O)N(c2ccccc2F)C1)c1ccccc1Br. The lowest BCUT2D eigenvalue weighted by molar-refractivity contribution is -0.126. The predicted molar refractivity (Wildman–Crippen MR) is 97.6 cm³/mol. The molecule has 0 unspecified atom stereocenters. The van der Waals surface area contributed by atoms with Gasteiger partial charge < -0.3 is 10.2 Å². The molecule has 1 N–H and O–H groups in total. The van der Waals surface area contributed by atoms with E-state index in [1.165, 1.54) is 11.0 Å². The molecule has 130 valence electrons. The Morgan fingerprint density at radius 1 is 1.24 bits per heavy atom. The molecule has 2 aromatic carbocycles. The summed E-state index contributed by atoms with van der Waals surface area (Å²) < 4.78 is 14.8. The van der Waals surface area contributed by atoms with Gasteiger partial charge in [0.15, 0.2) is 0 Å². The number of anilines is 1. The number of amides is 2.